The summed E-state index contributed by atoms with van der Waals surface area (Å²) in [5, 5.41) is 2.68. The zero-order chi connectivity index (χ0) is 15.9. The van der Waals surface area contributed by atoms with Crippen LogP contribution < -0.4 is 5.32 Å². The average Bonchev–Trinajstić information content (AvgIpc) is 2.54. The van der Waals surface area contributed by atoms with Crippen molar-refractivity contribution >= 4 is 17.6 Å². The molecule has 0 atom stereocenters. The number of halogens is 1. The number of nitrogens with one attached hydrogen (secondary N) is 1. The number of benzene rings is 2. The summed E-state index contributed by atoms with van der Waals surface area (Å²) in [4.78, 5) is 23.3. The van der Waals surface area contributed by atoms with Crippen molar-refractivity contribution in [1.29, 1.82) is 0 Å². The van der Waals surface area contributed by atoms with Gasteiger partial charge in [-0.15, -0.1) is 0 Å². The van der Waals surface area contributed by atoms with Gasteiger partial charge in [0.2, 0.25) is 5.91 Å². The number of ether oxygens (including phenoxy) is 1. The van der Waals surface area contributed by atoms with E-state index in [4.69, 9.17) is 4.74 Å². The molecule has 2 rings (SSSR count). The molecule has 0 radical (unpaired) electrons. The lowest BCUT2D eigenvalue weighted by Crippen LogP contribution is -2.11. The molecule has 0 aliphatic rings. The van der Waals surface area contributed by atoms with Gasteiger partial charge in [-0.1, -0.05) is 25.1 Å². The second kappa shape index (κ2) is 7.36. The molecule has 114 valence electrons. The Hall–Kier alpha value is -2.69. The molecule has 0 bridgehead atoms. The molecular weight excluding hydrogens is 285 g/mol. The van der Waals surface area contributed by atoms with Crippen LogP contribution in [0.1, 0.15) is 29.3 Å². The smallest absolute Gasteiger partial charge is 0.338 e. The first kappa shape index (κ1) is 15.7. The fourth-order valence-corrected chi connectivity index (χ4v) is 1.79. The Labute approximate surface area is 127 Å². The molecule has 0 saturated carbocycles. The Balaban J connectivity index is 1.98. The number of esters is 1. The van der Waals surface area contributed by atoms with Crippen molar-refractivity contribution in [3.63, 3.8) is 0 Å². The van der Waals surface area contributed by atoms with Gasteiger partial charge in [0.25, 0.3) is 0 Å². The fraction of sp³-hybridized carbons (Fsp3) is 0.176. The van der Waals surface area contributed by atoms with Crippen LogP contribution in [-0.4, -0.2) is 11.9 Å². The number of anilines is 1. The van der Waals surface area contributed by atoms with Gasteiger partial charge in [-0.25, -0.2) is 9.18 Å². The number of hydrogen-bond donors (Lipinski definition) is 1. The van der Waals surface area contributed by atoms with E-state index in [1.807, 2.05) is 0 Å². The van der Waals surface area contributed by atoms with Crippen molar-refractivity contribution < 1.29 is 18.7 Å². The first-order chi connectivity index (χ1) is 10.6. The predicted molar refractivity (Wildman–Crippen MR) is 80.9 cm³/mol. The van der Waals surface area contributed by atoms with E-state index in [1.165, 1.54) is 12.1 Å². The van der Waals surface area contributed by atoms with Gasteiger partial charge >= 0.3 is 5.97 Å². The Morgan fingerprint density at radius 3 is 2.55 bits per heavy atom. The molecule has 4 nitrogen and oxygen atoms in total. The third-order valence-corrected chi connectivity index (χ3v) is 2.99. The zero-order valence-corrected chi connectivity index (χ0v) is 12.1. The molecule has 2 aromatic carbocycles. The molecule has 1 amide bonds. The molecule has 0 unspecified atom stereocenters. The maximum atomic E-state index is 12.8. The molecule has 0 heterocycles. The van der Waals surface area contributed by atoms with Gasteiger partial charge in [-0.05, 0) is 35.9 Å². The molecule has 0 spiro atoms. The van der Waals surface area contributed by atoms with Gasteiger partial charge in [0, 0.05) is 12.1 Å². The minimum atomic E-state index is -0.503. The number of amides is 1. The average molecular weight is 301 g/mol. The Morgan fingerprint density at radius 2 is 1.86 bits per heavy atom. The third kappa shape index (κ3) is 4.41. The second-order valence-electron chi connectivity index (χ2n) is 4.69. The molecule has 22 heavy (non-hydrogen) atoms. The molecule has 5 heteroatoms. The highest BCUT2D eigenvalue weighted by molar-refractivity contribution is 5.94. The minimum Gasteiger partial charge on any atom is -0.457 e. The minimum absolute atomic E-state index is 0.0602. The summed E-state index contributed by atoms with van der Waals surface area (Å²) in [5.41, 5.74) is 1.59. The van der Waals surface area contributed by atoms with E-state index in [9.17, 15) is 14.0 Å². The van der Waals surface area contributed by atoms with E-state index in [0.717, 1.165) is 0 Å². The van der Waals surface area contributed by atoms with Crippen molar-refractivity contribution in [2.24, 2.45) is 0 Å². The molecule has 0 fully saturated rings. The Bertz CT molecular complexity index is 668. The summed E-state index contributed by atoms with van der Waals surface area (Å²) in [5.74, 6) is -0.969. The predicted octanol–water partition coefficient (Wildman–Crippen LogP) is 3.53. The van der Waals surface area contributed by atoms with Crippen molar-refractivity contribution in [1.82, 2.24) is 0 Å². The van der Waals surface area contributed by atoms with Crippen LogP contribution in [0.5, 0.6) is 0 Å². The van der Waals surface area contributed by atoms with Gasteiger partial charge in [0.15, 0.2) is 0 Å². The molecule has 2 aromatic rings. The maximum absolute atomic E-state index is 12.8. The lowest BCUT2D eigenvalue weighted by atomic mass is 10.2. The lowest BCUT2D eigenvalue weighted by molar-refractivity contribution is -0.115. The highest BCUT2D eigenvalue weighted by atomic mass is 19.1. The molecule has 0 saturated heterocycles. The van der Waals surface area contributed by atoms with Crippen LogP contribution in [0, 0.1) is 5.82 Å². The van der Waals surface area contributed by atoms with Crippen LogP contribution in [0.25, 0.3) is 0 Å². The standard InChI is InChI=1S/C17H16FNO3/c1-2-16(20)19-15-5-3-4-13(10-15)17(21)22-11-12-6-8-14(18)9-7-12/h3-10H,2,11H2,1H3,(H,19,20). The summed E-state index contributed by atoms with van der Waals surface area (Å²) in [6.07, 6.45) is 0.360. The monoisotopic (exact) mass is 301 g/mol. The topological polar surface area (TPSA) is 55.4 Å². The Kier molecular flexibility index (Phi) is 5.25. The van der Waals surface area contributed by atoms with E-state index in [0.29, 0.717) is 23.2 Å². The van der Waals surface area contributed by atoms with Crippen LogP contribution in [0.2, 0.25) is 0 Å². The van der Waals surface area contributed by atoms with Gasteiger partial charge in [0.1, 0.15) is 12.4 Å². The van der Waals surface area contributed by atoms with Crippen LogP contribution in [0.15, 0.2) is 48.5 Å². The normalized spacial score (nSPS) is 10.1. The number of hydrogen-bond acceptors (Lipinski definition) is 3. The van der Waals surface area contributed by atoms with E-state index in [2.05, 4.69) is 5.32 Å². The van der Waals surface area contributed by atoms with Crippen LogP contribution in [0.3, 0.4) is 0 Å². The van der Waals surface area contributed by atoms with E-state index in [1.54, 1.807) is 43.3 Å². The first-order valence-corrected chi connectivity index (χ1v) is 6.90. The van der Waals surface area contributed by atoms with E-state index >= 15 is 0 Å². The van der Waals surface area contributed by atoms with Gasteiger partial charge in [0.05, 0.1) is 5.56 Å². The van der Waals surface area contributed by atoms with Gasteiger partial charge in [-0.2, -0.15) is 0 Å². The summed E-state index contributed by atoms with van der Waals surface area (Å²) < 4.78 is 18.0. The molecule has 1 N–H and O–H groups in total. The van der Waals surface area contributed by atoms with Crippen molar-refractivity contribution in [2.75, 3.05) is 5.32 Å². The summed E-state index contributed by atoms with van der Waals surface area (Å²) in [6.45, 7) is 1.81. The third-order valence-electron chi connectivity index (χ3n) is 2.99. The van der Waals surface area contributed by atoms with Crippen molar-refractivity contribution in [3.05, 3.63) is 65.5 Å². The van der Waals surface area contributed by atoms with Crippen LogP contribution in [-0.2, 0) is 16.1 Å². The summed E-state index contributed by atoms with van der Waals surface area (Å²) in [7, 11) is 0. The van der Waals surface area contributed by atoms with Gasteiger partial charge < -0.3 is 10.1 Å². The molecule has 0 aliphatic carbocycles. The zero-order valence-electron chi connectivity index (χ0n) is 12.1. The highest BCUT2D eigenvalue weighted by Gasteiger charge is 2.09. The number of rotatable bonds is 5. The van der Waals surface area contributed by atoms with Crippen molar-refractivity contribution in [2.45, 2.75) is 20.0 Å². The molecular formula is C17H16FNO3. The summed E-state index contributed by atoms with van der Waals surface area (Å²) >= 11 is 0. The maximum Gasteiger partial charge on any atom is 0.338 e. The SMILES string of the molecule is CCC(=O)Nc1cccc(C(=O)OCc2ccc(F)cc2)c1. The lowest BCUT2D eigenvalue weighted by Gasteiger charge is -2.07. The van der Waals surface area contributed by atoms with E-state index < -0.39 is 5.97 Å². The largest absolute Gasteiger partial charge is 0.457 e. The van der Waals surface area contributed by atoms with E-state index in [-0.39, 0.29) is 18.3 Å². The van der Waals surface area contributed by atoms with Crippen LogP contribution >= 0.6 is 0 Å². The highest BCUT2D eigenvalue weighted by Crippen LogP contribution is 2.13. The Morgan fingerprint density at radius 1 is 1.14 bits per heavy atom. The second-order valence-corrected chi connectivity index (χ2v) is 4.69. The van der Waals surface area contributed by atoms with Crippen molar-refractivity contribution in [3.8, 4) is 0 Å². The number of carbonyl (C=O) groups is 2. The summed E-state index contributed by atoms with van der Waals surface area (Å²) in [6, 6.07) is 12.3. The quantitative estimate of drug-likeness (QED) is 0.860. The van der Waals surface area contributed by atoms with Gasteiger partial charge in [-0.3, -0.25) is 4.79 Å². The first-order valence-electron chi connectivity index (χ1n) is 6.90. The number of carbonyl (C=O) groups excluding carboxylic acids is 2. The fourth-order valence-electron chi connectivity index (χ4n) is 1.79. The molecule has 0 aromatic heterocycles. The van der Waals surface area contributed by atoms with Crippen LogP contribution in [0.4, 0.5) is 10.1 Å². The molecule has 0 aliphatic heterocycles.